The number of carbonyl (C=O) groups is 2. The molecule has 0 rings (SSSR count). The van der Waals surface area contributed by atoms with E-state index >= 15 is 0 Å². The summed E-state index contributed by atoms with van der Waals surface area (Å²) in [5, 5.41) is 0. The Kier molecular flexibility index (Phi) is 27.3. The quantitative estimate of drug-likeness (QED) is 0.348. The number of hydrogen-bond acceptors (Lipinski definition) is 2. The van der Waals surface area contributed by atoms with Crippen molar-refractivity contribution in [3.05, 3.63) is 0 Å². The van der Waals surface area contributed by atoms with Gasteiger partial charge in [0.2, 0.25) is 0 Å². The number of carbonyl (C=O) groups excluding carboxylic acids is 2. The topological polar surface area (TPSA) is 34.1 Å². The molecule has 0 heterocycles. The smallest absolute Gasteiger partial charge is 1.00 e. The molecule has 62 valence electrons. The van der Waals surface area contributed by atoms with Crippen LogP contribution in [0.25, 0.3) is 0 Å². The SMILES string of the molecule is CC(=O)CC(C)=O.[Cl-].[Cl-].[Fe+2]. The predicted octanol–water partition coefficient (Wildman–Crippen LogP) is -5.44. The summed E-state index contributed by atoms with van der Waals surface area (Å²) in [4.78, 5) is 20.1. The summed E-state index contributed by atoms with van der Waals surface area (Å²) < 4.78 is 0. The molecule has 0 amide bonds. The molecule has 2 nitrogen and oxygen atoms in total. The molecule has 0 saturated carbocycles. The monoisotopic (exact) mass is 226 g/mol. The zero-order chi connectivity index (χ0) is 5.86. The molecule has 0 saturated heterocycles. The molecule has 0 aliphatic rings. The minimum Gasteiger partial charge on any atom is -1.00 e. The van der Waals surface area contributed by atoms with E-state index in [-0.39, 0.29) is 59.9 Å². The summed E-state index contributed by atoms with van der Waals surface area (Å²) in [5.41, 5.74) is 0. The summed E-state index contributed by atoms with van der Waals surface area (Å²) in [6.07, 6.45) is 0.0833. The van der Waals surface area contributed by atoms with Crippen molar-refractivity contribution >= 4 is 11.6 Å². The van der Waals surface area contributed by atoms with Crippen molar-refractivity contribution in [3.8, 4) is 0 Å². The maximum atomic E-state index is 10.0. The first kappa shape index (κ1) is 22.4. The number of hydrogen-bond donors (Lipinski definition) is 0. The summed E-state index contributed by atoms with van der Waals surface area (Å²) >= 11 is 0. The Morgan fingerprint density at radius 1 is 1.00 bits per heavy atom. The van der Waals surface area contributed by atoms with E-state index in [1.165, 1.54) is 13.8 Å². The van der Waals surface area contributed by atoms with Crippen molar-refractivity contribution < 1.29 is 51.5 Å². The van der Waals surface area contributed by atoms with E-state index in [4.69, 9.17) is 0 Å². The number of rotatable bonds is 2. The van der Waals surface area contributed by atoms with Crippen molar-refractivity contribution in [3.63, 3.8) is 0 Å². The normalized spacial score (nSPS) is 5.80. The van der Waals surface area contributed by atoms with Crippen LogP contribution in [0, 0.1) is 0 Å². The van der Waals surface area contributed by atoms with Gasteiger partial charge in [-0.05, 0) is 13.8 Å². The van der Waals surface area contributed by atoms with Gasteiger partial charge in [0.1, 0.15) is 11.6 Å². The molecular formula is C5H8Cl2FeO2. The number of halogens is 2. The zero-order valence-electron chi connectivity index (χ0n) is 5.63. The first-order valence-electron chi connectivity index (χ1n) is 2.12. The molecule has 0 atom stereocenters. The number of Topliss-reactive ketones (excluding diaryl/α,β-unsaturated/α-hetero) is 2. The van der Waals surface area contributed by atoms with Crippen LogP contribution in [0.3, 0.4) is 0 Å². The third kappa shape index (κ3) is 23.7. The third-order valence-electron chi connectivity index (χ3n) is 0.498. The fraction of sp³-hybridized carbons (Fsp3) is 0.600. The van der Waals surface area contributed by atoms with E-state index in [1.807, 2.05) is 0 Å². The summed E-state index contributed by atoms with van der Waals surface area (Å²) in [6, 6.07) is 0. The van der Waals surface area contributed by atoms with Crippen LogP contribution >= 0.6 is 0 Å². The first-order valence-corrected chi connectivity index (χ1v) is 2.12. The first-order chi connectivity index (χ1) is 3.13. The van der Waals surface area contributed by atoms with Crippen molar-refractivity contribution in [2.75, 3.05) is 0 Å². The van der Waals surface area contributed by atoms with Crippen LogP contribution in [0.1, 0.15) is 20.3 Å². The fourth-order valence-corrected chi connectivity index (χ4v) is 0.351. The van der Waals surface area contributed by atoms with E-state index in [9.17, 15) is 9.59 Å². The predicted molar refractivity (Wildman–Crippen MR) is 26.0 cm³/mol. The molecular weight excluding hydrogens is 219 g/mol. The van der Waals surface area contributed by atoms with Crippen LogP contribution in [0.5, 0.6) is 0 Å². The Hall–Kier alpha value is 0.439. The molecule has 0 bridgehead atoms. The van der Waals surface area contributed by atoms with Gasteiger partial charge in [0.25, 0.3) is 0 Å². The molecule has 0 aromatic carbocycles. The summed E-state index contributed by atoms with van der Waals surface area (Å²) in [6.45, 7) is 2.81. The molecule has 0 aliphatic carbocycles. The van der Waals surface area contributed by atoms with Crippen LogP contribution in [0.2, 0.25) is 0 Å². The van der Waals surface area contributed by atoms with Gasteiger partial charge in [-0.1, -0.05) is 0 Å². The number of ketones is 2. The Labute approximate surface area is 83.4 Å². The molecule has 0 aromatic rings. The van der Waals surface area contributed by atoms with Gasteiger partial charge >= 0.3 is 17.1 Å². The second kappa shape index (κ2) is 12.1. The van der Waals surface area contributed by atoms with E-state index in [0.29, 0.717) is 0 Å². The van der Waals surface area contributed by atoms with Gasteiger partial charge in [0.05, 0.1) is 6.42 Å². The fourth-order valence-electron chi connectivity index (χ4n) is 0.351. The largest absolute Gasteiger partial charge is 2.00 e. The van der Waals surface area contributed by atoms with Gasteiger partial charge in [0.15, 0.2) is 0 Å². The average molecular weight is 227 g/mol. The Morgan fingerprint density at radius 2 is 1.20 bits per heavy atom. The minimum atomic E-state index is -0.0625. The van der Waals surface area contributed by atoms with Gasteiger partial charge in [-0.25, -0.2) is 0 Å². The second-order valence-electron chi connectivity index (χ2n) is 1.58. The Morgan fingerprint density at radius 3 is 1.20 bits per heavy atom. The molecule has 0 unspecified atom stereocenters. The van der Waals surface area contributed by atoms with E-state index < -0.39 is 0 Å². The second-order valence-corrected chi connectivity index (χ2v) is 1.58. The summed E-state index contributed by atoms with van der Waals surface area (Å²) in [5.74, 6) is -0.125. The van der Waals surface area contributed by atoms with Gasteiger partial charge in [0, 0.05) is 0 Å². The molecule has 0 fully saturated rings. The van der Waals surface area contributed by atoms with Crippen LogP contribution in [-0.2, 0) is 26.7 Å². The van der Waals surface area contributed by atoms with Crippen molar-refractivity contribution in [1.29, 1.82) is 0 Å². The van der Waals surface area contributed by atoms with E-state index in [1.54, 1.807) is 0 Å². The molecule has 0 aromatic heterocycles. The van der Waals surface area contributed by atoms with Gasteiger partial charge < -0.3 is 24.8 Å². The Balaban J connectivity index is -0.0000000600. The van der Waals surface area contributed by atoms with Gasteiger partial charge in [-0.3, -0.25) is 9.59 Å². The van der Waals surface area contributed by atoms with Crippen LogP contribution in [0.15, 0.2) is 0 Å². The van der Waals surface area contributed by atoms with Crippen LogP contribution in [0.4, 0.5) is 0 Å². The minimum absolute atomic E-state index is 0. The van der Waals surface area contributed by atoms with Crippen LogP contribution in [-0.4, -0.2) is 11.6 Å². The van der Waals surface area contributed by atoms with Crippen LogP contribution < -0.4 is 24.8 Å². The molecule has 0 N–H and O–H groups in total. The molecule has 5 heteroatoms. The molecule has 0 aliphatic heterocycles. The molecule has 0 radical (unpaired) electrons. The third-order valence-corrected chi connectivity index (χ3v) is 0.498. The van der Waals surface area contributed by atoms with E-state index in [0.717, 1.165) is 0 Å². The van der Waals surface area contributed by atoms with Crippen molar-refractivity contribution in [2.24, 2.45) is 0 Å². The Bertz CT molecular complexity index is 93.8. The van der Waals surface area contributed by atoms with E-state index in [2.05, 4.69) is 0 Å². The maximum Gasteiger partial charge on any atom is 2.00 e. The standard InChI is InChI=1S/C5H8O2.2ClH.Fe/c1-4(6)3-5(2)7;;;/h3H2,1-2H3;2*1H;/q;;;+2/p-2. The average Bonchev–Trinajstić information content (AvgIpc) is 1.27. The van der Waals surface area contributed by atoms with Crippen molar-refractivity contribution in [2.45, 2.75) is 20.3 Å². The van der Waals surface area contributed by atoms with Gasteiger partial charge in [-0.2, -0.15) is 0 Å². The molecule has 10 heavy (non-hydrogen) atoms. The summed E-state index contributed by atoms with van der Waals surface area (Å²) in [7, 11) is 0. The van der Waals surface area contributed by atoms with Gasteiger partial charge in [-0.15, -0.1) is 0 Å². The van der Waals surface area contributed by atoms with Crippen molar-refractivity contribution in [1.82, 2.24) is 0 Å². The maximum absolute atomic E-state index is 10.0. The molecule has 0 spiro atoms. The zero-order valence-corrected chi connectivity index (χ0v) is 8.25.